The van der Waals surface area contributed by atoms with Crippen molar-refractivity contribution >= 4 is 23.8 Å². The van der Waals surface area contributed by atoms with Gasteiger partial charge in [0, 0.05) is 13.3 Å². The van der Waals surface area contributed by atoms with Crippen LogP contribution in [0.1, 0.15) is 62.0 Å². The smallest absolute Gasteiger partial charge is 0.335 e. The summed E-state index contributed by atoms with van der Waals surface area (Å²) in [6.45, 7) is 6.80. The zero-order valence-corrected chi connectivity index (χ0v) is 23.6. The second-order valence-electron chi connectivity index (χ2n) is 10.6. The number of rotatable bonds is 12. The number of carbonyl (C=O) groups excluding carboxylic acids is 3. The van der Waals surface area contributed by atoms with Gasteiger partial charge in [-0.2, -0.15) is 0 Å². The summed E-state index contributed by atoms with van der Waals surface area (Å²) < 4.78 is 10.6. The van der Waals surface area contributed by atoms with Crippen LogP contribution in [0.3, 0.4) is 0 Å². The molecule has 1 amide bonds. The van der Waals surface area contributed by atoms with E-state index in [2.05, 4.69) is 5.48 Å². The van der Waals surface area contributed by atoms with E-state index >= 15 is 0 Å². The first-order chi connectivity index (χ1) is 19.4. The van der Waals surface area contributed by atoms with E-state index in [1.165, 1.54) is 13.0 Å². The van der Waals surface area contributed by atoms with Gasteiger partial charge in [-0.3, -0.25) is 19.2 Å². The lowest BCUT2D eigenvalue weighted by molar-refractivity contribution is -0.160. The lowest BCUT2D eigenvalue weighted by Crippen LogP contribution is -2.31. The fraction of sp³-hybridized carbons (Fsp3) is 0.312. The minimum absolute atomic E-state index is 0.0373. The number of carbonyl (C=O) groups is 4. The first-order valence-corrected chi connectivity index (χ1v) is 13.2. The van der Waals surface area contributed by atoms with Crippen molar-refractivity contribution in [2.45, 2.75) is 59.2 Å². The largest absolute Gasteiger partial charge is 0.478 e. The molecule has 2 N–H and O–H groups in total. The summed E-state index contributed by atoms with van der Waals surface area (Å²) in [5, 5.41) is 9.33. The number of carboxylic acids is 1. The number of ether oxygens (including phenoxy) is 2. The molecule has 0 aliphatic carbocycles. The zero-order valence-electron chi connectivity index (χ0n) is 23.6. The number of hydrogen-bond acceptors (Lipinski definition) is 7. The second kappa shape index (κ2) is 14.2. The molecule has 216 valence electrons. The Kier molecular flexibility index (Phi) is 10.8. The molecule has 9 heteroatoms. The highest BCUT2D eigenvalue weighted by atomic mass is 16.6. The molecule has 0 bridgehead atoms. The Balaban J connectivity index is 1.62. The van der Waals surface area contributed by atoms with Gasteiger partial charge in [0.1, 0.15) is 11.4 Å². The number of esters is 2. The van der Waals surface area contributed by atoms with Gasteiger partial charge in [0.05, 0.1) is 18.1 Å². The molecular formula is C32H35NO8. The molecule has 0 radical (unpaired) electrons. The molecular weight excluding hydrogens is 526 g/mol. The monoisotopic (exact) mass is 561 g/mol. The average Bonchev–Trinajstić information content (AvgIpc) is 2.91. The molecule has 3 aromatic rings. The summed E-state index contributed by atoms with van der Waals surface area (Å²) in [7, 11) is 0. The standard InChI is InChI=1S/C32H35NO8/c1-21(34)40-28-14-11-22(12-15-28)20-39-33-29(35)16-13-27(31(38)41-32(2,3)4)18-23-7-5-8-24(17-23)25-9-6-10-26(19-25)30(36)37/h5-12,14-15,17,19,27H,13,16,18,20H2,1-4H3,(H,33,35)(H,36,37). The molecule has 0 saturated carbocycles. The SMILES string of the molecule is CC(=O)Oc1ccc(CONC(=O)CCC(Cc2cccc(-c3cccc(C(=O)O)c3)c2)C(=O)OC(C)(C)C)cc1. The first-order valence-electron chi connectivity index (χ1n) is 13.2. The van der Waals surface area contributed by atoms with Crippen LogP contribution in [0.25, 0.3) is 11.1 Å². The van der Waals surface area contributed by atoms with Crippen LogP contribution in [-0.2, 0) is 37.0 Å². The number of nitrogens with one attached hydrogen (secondary N) is 1. The minimum Gasteiger partial charge on any atom is -0.478 e. The van der Waals surface area contributed by atoms with Crippen LogP contribution in [0.2, 0.25) is 0 Å². The molecule has 9 nitrogen and oxygen atoms in total. The number of carboxylic acid groups (broad SMARTS) is 1. The van der Waals surface area contributed by atoms with Gasteiger partial charge in [-0.15, -0.1) is 0 Å². The van der Waals surface area contributed by atoms with Crippen molar-refractivity contribution < 1.29 is 38.6 Å². The molecule has 0 aromatic heterocycles. The normalized spacial score (nSPS) is 11.8. The summed E-state index contributed by atoms with van der Waals surface area (Å²) in [6.07, 6.45) is 0.611. The molecule has 3 rings (SSSR count). The zero-order chi connectivity index (χ0) is 30.0. The molecule has 0 aliphatic rings. The minimum atomic E-state index is -1.01. The van der Waals surface area contributed by atoms with Gasteiger partial charge in [0.25, 0.3) is 0 Å². The maximum atomic E-state index is 13.1. The number of aromatic carboxylic acids is 1. The molecule has 0 saturated heterocycles. The number of hydroxylamine groups is 1. The van der Waals surface area contributed by atoms with Gasteiger partial charge < -0.3 is 14.6 Å². The third-order valence-electron chi connectivity index (χ3n) is 5.92. The van der Waals surface area contributed by atoms with Crippen molar-refractivity contribution in [1.82, 2.24) is 5.48 Å². The van der Waals surface area contributed by atoms with Gasteiger partial charge in [-0.05, 0) is 80.1 Å². The third kappa shape index (κ3) is 10.5. The van der Waals surface area contributed by atoms with Gasteiger partial charge in [0.15, 0.2) is 0 Å². The fourth-order valence-electron chi connectivity index (χ4n) is 4.06. The molecule has 3 aromatic carbocycles. The van der Waals surface area contributed by atoms with Gasteiger partial charge in [-0.1, -0.05) is 48.5 Å². The molecule has 41 heavy (non-hydrogen) atoms. The molecule has 0 aliphatic heterocycles. The van der Waals surface area contributed by atoms with E-state index in [1.54, 1.807) is 57.2 Å². The quantitative estimate of drug-likeness (QED) is 0.168. The third-order valence-corrected chi connectivity index (χ3v) is 5.92. The van der Waals surface area contributed by atoms with Crippen molar-refractivity contribution in [1.29, 1.82) is 0 Å². The topological polar surface area (TPSA) is 128 Å². The highest BCUT2D eigenvalue weighted by Crippen LogP contribution is 2.25. The maximum Gasteiger partial charge on any atom is 0.335 e. The van der Waals surface area contributed by atoms with Crippen molar-refractivity contribution in [3.05, 3.63) is 89.5 Å². The van der Waals surface area contributed by atoms with Gasteiger partial charge in [0.2, 0.25) is 5.91 Å². The Hall–Kier alpha value is -4.50. The van der Waals surface area contributed by atoms with Crippen LogP contribution in [-0.4, -0.2) is 34.5 Å². The number of amides is 1. The predicted octanol–water partition coefficient (Wildman–Crippen LogP) is 5.51. The summed E-state index contributed by atoms with van der Waals surface area (Å²) >= 11 is 0. The Labute approximate surface area is 239 Å². The number of hydrogen-bond donors (Lipinski definition) is 2. The van der Waals surface area contributed by atoms with Crippen molar-refractivity contribution in [2.24, 2.45) is 5.92 Å². The molecule has 0 heterocycles. The second-order valence-corrected chi connectivity index (χ2v) is 10.6. The predicted molar refractivity (Wildman–Crippen MR) is 152 cm³/mol. The Morgan fingerprint density at radius 2 is 1.54 bits per heavy atom. The lowest BCUT2D eigenvalue weighted by Gasteiger charge is -2.24. The Morgan fingerprint density at radius 3 is 2.17 bits per heavy atom. The average molecular weight is 562 g/mol. The summed E-state index contributed by atoms with van der Waals surface area (Å²) in [6, 6.07) is 20.9. The number of benzene rings is 3. The summed E-state index contributed by atoms with van der Waals surface area (Å²) in [5.74, 6) is -2.38. The fourth-order valence-corrected chi connectivity index (χ4v) is 4.06. The van der Waals surface area contributed by atoms with E-state index in [9.17, 15) is 24.3 Å². The van der Waals surface area contributed by atoms with E-state index in [0.29, 0.717) is 12.2 Å². The molecule has 1 unspecified atom stereocenters. The van der Waals surface area contributed by atoms with E-state index in [1.807, 2.05) is 30.3 Å². The van der Waals surface area contributed by atoms with Gasteiger partial charge >= 0.3 is 17.9 Å². The summed E-state index contributed by atoms with van der Waals surface area (Å²) in [5.41, 5.74) is 5.09. The highest BCUT2D eigenvalue weighted by Gasteiger charge is 2.26. The highest BCUT2D eigenvalue weighted by molar-refractivity contribution is 5.89. The van der Waals surface area contributed by atoms with E-state index in [-0.39, 0.29) is 30.9 Å². The first kappa shape index (κ1) is 31.0. The van der Waals surface area contributed by atoms with Crippen molar-refractivity contribution in [3.63, 3.8) is 0 Å². The van der Waals surface area contributed by atoms with E-state index < -0.39 is 29.4 Å². The van der Waals surface area contributed by atoms with Crippen LogP contribution < -0.4 is 10.2 Å². The van der Waals surface area contributed by atoms with Crippen LogP contribution in [0.15, 0.2) is 72.8 Å². The lowest BCUT2D eigenvalue weighted by atomic mass is 9.92. The van der Waals surface area contributed by atoms with E-state index in [4.69, 9.17) is 14.3 Å². The molecule has 0 fully saturated rings. The van der Waals surface area contributed by atoms with Crippen LogP contribution >= 0.6 is 0 Å². The molecule has 1 atom stereocenters. The van der Waals surface area contributed by atoms with Crippen LogP contribution in [0.4, 0.5) is 0 Å². The Bertz CT molecular complexity index is 1370. The molecule has 0 spiro atoms. The van der Waals surface area contributed by atoms with E-state index in [0.717, 1.165) is 22.3 Å². The maximum absolute atomic E-state index is 13.1. The van der Waals surface area contributed by atoms with Crippen LogP contribution in [0.5, 0.6) is 5.75 Å². The van der Waals surface area contributed by atoms with Crippen LogP contribution in [0, 0.1) is 5.92 Å². The Morgan fingerprint density at radius 1 is 0.878 bits per heavy atom. The summed E-state index contributed by atoms with van der Waals surface area (Å²) in [4.78, 5) is 53.3. The van der Waals surface area contributed by atoms with Crippen molar-refractivity contribution in [3.8, 4) is 16.9 Å². The van der Waals surface area contributed by atoms with Crippen molar-refractivity contribution in [2.75, 3.05) is 0 Å². The van der Waals surface area contributed by atoms with Gasteiger partial charge in [-0.25, -0.2) is 10.3 Å².